The summed E-state index contributed by atoms with van der Waals surface area (Å²) in [4.78, 5) is 26.2. The summed E-state index contributed by atoms with van der Waals surface area (Å²) in [5.41, 5.74) is 1.95. The maximum absolute atomic E-state index is 13.5. The first kappa shape index (κ1) is 27.4. The van der Waals surface area contributed by atoms with Crippen molar-refractivity contribution in [2.75, 3.05) is 29.8 Å². The molecular formula is C30H29N3O5S. The highest BCUT2D eigenvalue weighted by atomic mass is 32.2. The number of carbonyl (C=O) groups is 2. The van der Waals surface area contributed by atoms with Crippen LogP contribution in [0.4, 0.5) is 11.4 Å². The van der Waals surface area contributed by atoms with Crippen LogP contribution in [0, 0.1) is 0 Å². The molecular weight excluding hydrogens is 514 g/mol. The molecule has 2 amide bonds. The largest absolute Gasteiger partial charge is 0.497 e. The van der Waals surface area contributed by atoms with Crippen LogP contribution in [0.15, 0.2) is 114 Å². The molecule has 2 N–H and O–H groups in total. The molecule has 8 nitrogen and oxygen atoms in total. The molecule has 0 fully saturated rings. The highest BCUT2D eigenvalue weighted by Gasteiger charge is 2.27. The van der Waals surface area contributed by atoms with Crippen molar-refractivity contribution in [1.82, 2.24) is 5.32 Å². The molecule has 9 heteroatoms. The third-order valence-corrected chi connectivity index (χ3v) is 7.75. The van der Waals surface area contributed by atoms with E-state index in [1.54, 1.807) is 66.7 Å². The van der Waals surface area contributed by atoms with Crippen LogP contribution in [0.3, 0.4) is 0 Å². The highest BCUT2D eigenvalue weighted by molar-refractivity contribution is 7.92. The maximum atomic E-state index is 13.5. The molecule has 0 saturated carbocycles. The van der Waals surface area contributed by atoms with Gasteiger partial charge in [-0.1, -0.05) is 60.7 Å². The zero-order valence-corrected chi connectivity index (χ0v) is 22.2. The number of carbonyl (C=O) groups excluding carboxylic acids is 2. The van der Waals surface area contributed by atoms with Gasteiger partial charge in [0.05, 0.1) is 28.9 Å². The first-order valence-corrected chi connectivity index (χ1v) is 13.8. The first-order chi connectivity index (χ1) is 18.9. The molecule has 0 saturated heterocycles. The third kappa shape index (κ3) is 7.03. The van der Waals surface area contributed by atoms with Crippen LogP contribution in [0.5, 0.6) is 5.75 Å². The van der Waals surface area contributed by atoms with Gasteiger partial charge in [0.25, 0.3) is 15.9 Å². The van der Waals surface area contributed by atoms with Gasteiger partial charge in [-0.3, -0.25) is 13.9 Å². The molecule has 4 aromatic carbocycles. The topological polar surface area (TPSA) is 105 Å². The van der Waals surface area contributed by atoms with Crippen LogP contribution in [0.2, 0.25) is 0 Å². The minimum Gasteiger partial charge on any atom is -0.497 e. The summed E-state index contributed by atoms with van der Waals surface area (Å²) in [7, 11) is -2.56. The number of sulfonamides is 1. The Morgan fingerprint density at radius 2 is 1.41 bits per heavy atom. The fraction of sp³-hybridized carbons (Fsp3) is 0.133. The molecule has 200 valence electrons. The Bertz CT molecular complexity index is 1510. The van der Waals surface area contributed by atoms with E-state index < -0.39 is 22.5 Å². The smallest absolute Gasteiger partial charge is 0.264 e. The SMILES string of the molecule is COc1ccc(N(CC(=O)Nc2ccccc2C(=O)NCCc2ccccc2)S(=O)(=O)c2ccccc2)cc1. The Labute approximate surface area is 228 Å². The molecule has 0 heterocycles. The first-order valence-electron chi connectivity index (χ1n) is 12.3. The van der Waals surface area contributed by atoms with Gasteiger partial charge in [-0.15, -0.1) is 0 Å². The Hall–Kier alpha value is -4.63. The maximum Gasteiger partial charge on any atom is 0.264 e. The number of benzene rings is 4. The molecule has 4 rings (SSSR count). The van der Waals surface area contributed by atoms with E-state index in [4.69, 9.17) is 4.74 Å². The van der Waals surface area contributed by atoms with Crippen molar-refractivity contribution in [2.45, 2.75) is 11.3 Å². The number of rotatable bonds is 11. The Morgan fingerprint density at radius 3 is 2.08 bits per heavy atom. The molecule has 0 unspecified atom stereocenters. The van der Waals surface area contributed by atoms with Crippen LogP contribution in [-0.4, -0.2) is 40.4 Å². The number of hydrogen-bond acceptors (Lipinski definition) is 5. The van der Waals surface area contributed by atoms with Gasteiger partial charge in [0.1, 0.15) is 12.3 Å². The van der Waals surface area contributed by atoms with Crippen molar-refractivity contribution in [3.63, 3.8) is 0 Å². The van der Waals surface area contributed by atoms with Gasteiger partial charge in [-0.25, -0.2) is 8.42 Å². The second-order valence-electron chi connectivity index (χ2n) is 8.61. The standard InChI is InChI=1S/C30H29N3O5S/c1-38-25-18-16-24(17-19-25)33(39(36,37)26-12-6-3-7-13-26)22-29(34)32-28-15-9-8-14-27(28)30(35)31-21-20-23-10-4-2-5-11-23/h2-19H,20-22H2,1H3,(H,31,35)(H,32,34). The number of anilines is 2. The summed E-state index contributed by atoms with van der Waals surface area (Å²) in [6, 6.07) is 30.7. The molecule has 0 aliphatic rings. The second kappa shape index (κ2) is 12.7. The van der Waals surface area contributed by atoms with E-state index in [1.165, 1.54) is 19.2 Å². The zero-order chi connectivity index (χ0) is 27.7. The molecule has 0 atom stereocenters. The van der Waals surface area contributed by atoms with Gasteiger partial charge in [0.2, 0.25) is 5.91 Å². The predicted molar refractivity (Wildman–Crippen MR) is 152 cm³/mol. The number of nitrogens with zero attached hydrogens (tertiary/aromatic N) is 1. The number of amides is 2. The van der Waals surface area contributed by atoms with Crippen molar-refractivity contribution >= 4 is 33.2 Å². The lowest BCUT2D eigenvalue weighted by atomic mass is 10.1. The van der Waals surface area contributed by atoms with Gasteiger partial charge < -0.3 is 15.4 Å². The van der Waals surface area contributed by atoms with E-state index in [2.05, 4.69) is 10.6 Å². The quantitative estimate of drug-likeness (QED) is 0.290. The van der Waals surface area contributed by atoms with Gasteiger partial charge in [-0.2, -0.15) is 0 Å². The molecule has 0 aliphatic heterocycles. The summed E-state index contributed by atoms with van der Waals surface area (Å²) >= 11 is 0. The summed E-state index contributed by atoms with van der Waals surface area (Å²) in [6.45, 7) is -0.0841. The second-order valence-corrected chi connectivity index (χ2v) is 10.5. The van der Waals surface area contributed by atoms with E-state index in [9.17, 15) is 18.0 Å². The van der Waals surface area contributed by atoms with Crippen molar-refractivity contribution in [2.24, 2.45) is 0 Å². The fourth-order valence-corrected chi connectivity index (χ4v) is 5.40. The Balaban J connectivity index is 1.52. The van der Waals surface area contributed by atoms with Crippen LogP contribution in [0.25, 0.3) is 0 Å². The molecule has 0 bridgehead atoms. The van der Waals surface area contributed by atoms with E-state index in [-0.39, 0.29) is 22.1 Å². The normalized spacial score (nSPS) is 10.9. The lowest BCUT2D eigenvalue weighted by molar-refractivity contribution is -0.114. The summed E-state index contributed by atoms with van der Waals surface area (Å²) in [5, 5.41) is 5.59. The molecule has 0 aromatic heterocycles. The molecule has 0 aliphatic carbocycles. The number of nitrogens with one attached hydrogen (secondary N) is 2. The molecule has 0 spiro atoms. The van der Waals surface area contributed by atoms with Crippen LogP contribution in [-0.2, 0) is 21.2 Å². The monoisotopic (exact) mass is 543 g/mol. The number of ether oxygens (including phenoxy) is 1. The van der Waals surface area contributed by atoms with Gasteiger partial charge in [0, 0.05) is 6.54 Å². The number of para-hydroxylation sites is 1. The Morgan fingerprint density at radius 1 is 0.795 bits per heavy atom. The summed E-state index contributed by atoms with van der Waals surface area (Å²) in [5.74, 6) is -0.395. The zero-order valence-electron chi connectivity index (χ0n) is 21.4. The summed E-state index contributed by atoms with van der Waals surface area (Å²) in [6.07, 6.45) is 0.662. The molecule has 0 radical (unpaired) electrons. The minimum atomic E-state index is -4.07. The van der Waals surface area contributed by atoms with Crippen LogP contribution >= 0.6 is 0 Å². The van der Waals surface area contributed by atoms with E-state index in [0.29, 0.717) is 24.4 Å². The average molecular weight is 544 g/mol. The minimum absolute atomic E-state index is 0.0480. The van der Waals surface area contributed by atoms with Gasteiger partial charge in [-0.05, 0) is 60.5 Å². The van der Waals surface area contributed by atoms with Crippen molar-refractivity contribution in [3.05, 3.63) is 120 Å². The van der Waals surface area contributed by atoms with E-state index >= 15 is 0 Å². The van der Waals surface area contributed by atoms with Crippen molar-refractivity contribution in [1.29, 1.82) is 0 Å². The summed E-state index contributed by atoms with van der Waals surface area (Å²) < 4.78 is 33.3. The number of methoxy groups -OCH3 is 1. The number of hydrogen-bond donors (Lipinski definition) is 2. The van der Waals surface area contributed by atoms with Crippen LogP contribution < -0.4 is 19.7 Å². The lowest BCUT2D eigenvalue weighted by Crippen LogP contribution is -2.38. The van der Waals surface area contributed by atoms with Crippen molar-refractivity contribution in [3.8, 4) is 5.75 Å². The highest BCUT2D eigenvalue weighted by Crippen LogP contribution is 2.26. The average Bonchev–Trinajstić information content (AvgIpc) is 2.97. The predicted octanol–water partition coefficient (Wildman–Crippen LogP) is 4.50. The van der Waals surface area contributed by atoms with Gasteiger partial charge >= 0.3 is 0 Å². The molecule has 39 heavy (non-hydrogen) atoms. The lowest BCUT2D eigenvalue weighted by Gasteiger charge is -2.24. The fourth-order valence-electron chi connectivity index (χ4n) is 3.95. The van der Waals surface area contributed by atoms with E-state index in [1.807, 2.05) is 30.3 Å². The van der Waals surface area contributed by atoms with E-state index in [0.717, 1.165) is 9.87 Å². The third-order valence-electron chi connectivity index (χ3n) is 5.97. The van der Waals surface area contributed by atoms with Gasteiger partial charge in [0.15, 0.2) is 0 Å². The van der Waals surface area contributed by atoms with Crippen molar-refractivity contribution < 1.29 is 22.7 Å². The molecule has 4 aromatic rings. The van der Waals surface area contributed by atoms with Crippen LogP contribution in [0.1, 0.15) is 15.9 Å². The Kier molecular flexibility index (Phi) is 8.96.